The summed E-state index contributed by atoms with van der Waals surface area (Å²) >= 11 is 0. The number of nitrogens with zero attached hydrogens (tertiary/aromatic N) is 2. The molecule has 1 N–H and O–H groups in total. The number of benzene rings is 2. The van der Waals surface area contributed by atoms with Crippen LogP contribution in [0, 0.1) is 31.3 Å². The highest BCUT2D eigenvalue weighted by Crippen LogP contribution is 2.32. The summed E-state index contributed by atoms with van der Waals surface area (Å²) in [5.74, 6) is -2.75. The first kappa shape index (κ1) is 22.3. The number of hydrogen-bond donors (Lipinski definition) is 1. The van der Waals surface area contributed by atoms with Crippen LogP contribution in [0.25, 0.3) is 11.3 Å². The van der Waals surface area contributed by atoms with E-state index in [-0.39, 0.29) is 42.2 Å². The van der Waals surface area contributed by atoms with E-state index in [0.717, 1.165) is 23.8 Å². The van der Waals surface area contributed by atoms with E-state index in [1.807, 2.05) is 0 Å². The molecule has 1 aliphatic heterocycles. The molecule has 0 bridgehead atoms. The van der Waals surface area contributed by atoms with Crippen molar-refractivity contribution in [2.24, 2.45) is 5.16 Å². The van der Waals surface area contributed by atoms with Crippen LogP contribution in [-0.4, -0.2) is 28.4 Å². The number of halogens is 3. The fourth-order valence-corrected chi connectivity index (χ4v) is 3.57. The molecule has 170 valence electrons. The smallest absolute Gasteiger partial charge is 0.340 e. The van der Waals surface area contributed by atoms with Gasteiger partial charge in [-0.25, -0.2) is 22.9 Å². The van der Waals surface area contributed by atoms with Crippen molar-refractivity contribution < 1.29 is 32.6 Å². The van der Waals surface area contributed by atoms with E-state index in [2.05, 4.69) is 15.0 Å². The van der Waals surface area contributed by atoms with Crippen LogP contribution in [0.5, 0.6) is 11.5 Å². The number of aromatic hydroxyl groups is 1. The summed E-state index contributed by atoms with van der Waals surface area (Å²) in [6.45, 7) is 3.29. The van der Waals surface area contributed by atoms with Gasteiger partial charge in [-0.2, -0.15) is 0 Å². The van der Waals surface area contributed by atoms with Crippen LogP contribution in [-0.2, 0) is 16.1 Å². The lowest BCUT2D eigenvalue weighted by atomic mass is 9.96. The van der Waals surface area contributed by atoms with E-state index in [4.69, 9.17) is 4.74 Å². The number of carbonyl (C=O) groups excluding carboxylic acids is 1. The number of pyridine rings is 1. The van der Waals surface area contributed by atoms with Crippen molar-refractivity contribution in [1.29, 1.82) is 0 Å². The highest BCUT2D eigenvalue weighted by atomic mass is 19.1. The van der Waals surface area contributed by atoms with Crippen molar-refractivity contribution in [3.63, 3.8) is 0 Å². The Morgan fingerprint density at radius 2 is 1.91 bits per heavy atom. The minimum absolute atomic E-state index is 0.00156. The zero-order valence-corrected chi connectivity index (χ0v) is 17.8. The van der Waals surface area contributed by atoms with Crippen LogP contribution in [0.1, 0.15) is 28.8 Å². The fraction of sp³-hybridized carbons (Fsp3) is 0.208. The summed E-state index contributed by atoms with van der Waals surface area (Å²) in [4.78, 5) is 19.9. The highest BCUT2D eigenvalue weighted by Gasteiger charge is 2.21. The van der Waals surface area contributed by atoms with Crippen LogP contribution in [0.3, 0.4) is 0 Å². The molecule has 0 fully saturated rings. The maximum absolute atomic E-state index is 15.0. The minimum Gasteiger partial charge on any atom is -0.506 e. The molecule has 0 amide bonds. The molecule has 0 aliphatic carbocycles. The second-order valence-corrected chi connectivity index (χ2v) is 7.67. The summed E-state index contributed by atoms with van der Waals surface area (Å²) in [6, 6.07) is 7.29. The Bertz CT molecular complexity index is 1290. The van der Waals surface area contributed by atoms with Gasteiger partial charge >= 0.3 is 5.97 Å². The molecule has 4 rings (SSSR count). The van der Waals surface area contributed by atoms with Crippen molar-refractivity contribution in [3.05, 3.63) is 76.2 Å². The summed E-state index contributed by atoms with van der Waals surface area (Å²) in [5, 5.41) is 13.7. The molecule has 9 heteroatoms. The first-order chi connectivity index (χ1) is 15.7. The largest absolute Gasteiger partial charge is 0.506 e. The maximum Gasteiger partial charge on any atom is 0.340 e. The van der Waals surface area contributed by atoms with Crippen molar-refractivity contribution >= 4 is 11.7 Å². The third-order valence-electron chi connectivity index (χ3n) is 5.31. The standard InChI is InChI=1S/C24H19F3N2O4/c1-12-7-21(32-11-16-10-22(31)33-29-16)23(27)13(2)17(12)9-15-4-6-20(30)24(28-15)18-8-14(25)3-5-19(18)26/h3-8,30H,9-11H2,1-2H3. The summed E-state index contributed by atoms with van der Waals surface area (Å²) in [5.41, 5.74) is 2.22. The average molecular weight is 456 g/mol. The quantitative estimate of drug-likeness (QED) is 0.541. The second kappa shape index (κ2) is 8.93. The van der Waals surface area contributed by atoms with Gasteiger partial charge < -0.3 is 14.7 Å². The summed E-state index contributed by atoms with van der Waals surface area (Å²) in [7, 11) is 0. The van der Waals surface area contributed by atoms with Gasteiger partial charge in [-0.15, -0.1) is 0 Å². The van der Waals surface area contributed by atoms with E-state index in [9.17, 15) is 23.1 Å². The molecule has 6 nitrogen and oxygen atoms in total. The molecular weight excluding hydrogens is 437 g/mol. The van der Waals surface area contributed by atoms with Crippen molar-refractivity contribution in [2.75, 3.05) is 6.61 Å². The Kier molecular flexibility index (Phi) is 6.04. The number of hydrogen-bond acceptors (Lipinski definition) is 6. The Hall–Kier alpha value is -3.88. The van der Waals surface area contributed by atoms with Gasteiger partial charge in [0.2, 0.25) is 0 Å². The summed E-state index contributed by atoms with van der Waals surface area (Å²) in [6.07, 6.45) is 0.187. The molecule has 3 aromatic rings. The van der Waals surface area contributed by atoms with Crippen molar-refractivity contribution in [2.45, 2.75) is 26.7 Å². The number of aryl methyl sites for hydroxylation is 1. The third-order valence-corrected chi connectivity index (χ3v) is 5.31. The Morgan fingerprint density at radius 3 is 2.64 bits per heavy atom. The highest BCUT2D eigenvalue weighted by molar-refractivity contribution is 6.02. The number of oxime groups is 1. The van der Waals surface area contributed by atoms with Gasteiger partial charge in [0.05, 0.1) is 6.42 Å². The molecule has 0 saturated carbocycles. The normalized spacial score (nSPS) is 13.1. The molecule has 1 aromatic heterocycles. The number of ether oxygens (including phenoxy) is 1. The molecule has 0 spiro atoms. The predicted molar refractivity (Wildman–Crippen MR) is 114 cm³/mol. The van der Waals surface area contributed by atoms with Crippen LogP contribution in [0.4, 0.5) is 13.2 Å². The van der Waals surface area contributed by atoms with Gasteiger partial charge in [-0.3, -0.25) is 0 Å². The number of aromatic nitrogens is 1. The van der Waals surface area contributed by atoms with E-state index < -0.39 is 23.4 Å². The lowest BCUT2D eigenvalue weighted by molar-refractivity contribution is -0.140. The van der Waals surface area contributed by atoms with E-state index in [0.29, 0.717) is 22.5 Å². The van der Waals surface area contributed by atoms with Crippen LogP contribution in [0.2, 0.25) is 0 Å². The van der Waals surface area contributed by atoms with E-state index in [1.165, 1.54) is 18.2 Å². The maximum atomic E-state index is 15.0. The van der Waals surface area contributed by atoms with Crippen LogP contribution >= 0.6 is 0 Å². The molecule has 2 aromatic carbocycles. The van der Waals surface area contributed by atoms with Gasteiger partial charge in [0.1, 0.15) is 35.4 Å². The Balaban J connectivity index is 1.61. The van der Waals surface area contributed by atoms with Gasteiger partial charge in [-0.1, -0.05) is 5.16 Å². The average Bonchev–Trinajstić information content (AvgIpc) is 3.20. The SMILES string of the molecule is Cc1cc(OCC2=NOC(=O)C2)c(F)c(C)c1Cc1ccc(O)c(-c2cc(F)ccc2F)n1. The number of rotatable bonds is 6. The van der Waals surface area contributed by atoms with Crippen LogP contribution < -0.4 is 4.74 Å². The monoisotopic (exact) mass is 456 g/mol. The molecule has 2 heterocycles. The Morgan fingerprint density at radius 1 is 1.12 bits per heavy atom. The zero-order chi connectivity index (χ0) is 23.7. The Labute approximate surface area is 187 Å². The van der Waals surface area contributed by atoms with E-state index >= 15 is 0 Å². The first-order valence-electron chi connectivity index (χ1n) is 10.0. The van der Waals surface area contributed by atoms with Gasteiger partial charge in [0.15, 0.2) is 11.6 Å². The van der Waals surface area contributed by atoms with Gasteiger partial charge in [-0.05, 0) is 66.9 Å². The fourth-order valence-electron chi connectivity index (χ4n) is 3.57. The molecule has 0 saturated heterocycles. The molecule has 33 heavy (non-hydrogen) atoms. The van der Waals surface area contributed by atoms with Gasteiger partial charge in [0.25, 0.3) is 0 Å². The summed E-state index contributed by atoms with van der Waals surface area (Å²) < 4.78 is 48.3. The molecule has 0 unspecified atom stereocenters. The molecule has 0 atom stereocenters. The zero-order valence-electron chi connectivity index (χ0n) is 17.8. The molecule has 0 radical (unpaired) electrons. The lowest BCUT2D eigenvalue weighted by Crippen LogP contribution is -2.12. The molecular formula is C24H19F3N2O4. The minimum atomic E-state index is -0.727. The third kappa shape index (κ3) is 4.67. The van der Waals surface area contributed by atoms with Crippen molar-refractivity contribution in [1.82, 2.24) is 4.98 Å². The second-order valence-electron chi connectivity index (χ2n) is 7.67. The van der Waals surface area contributed by atoms with Crippen molar-refractivity contribution in [3.8, 4) is 22.8 Å². The topological polar surface area (TPSA) is 81.0 Å². The first-order valence-corrected chi connectivity index (χ1v) is 10.0. The van der Waals surface area contributed by atoms with E-state index in [1.54, 1.807) is 13.8 Å². The molecule has 1 aliphatic rings. The van der Waals surface area contributed by atoms with Crippen LogP contribution in [0.15, 0.2) is 41.6 Å². The van der Waals surface area contributed by atoms with Gasteiger partial charge in [0, 0.05) is 17.7 Å². The number of carbonyl (C=O) groups is 1. The predicted octanol–water partition coefficient (Wildman–Crippen LogP) is 4.76. The lowest BCUT2D eigenvalue weighted by Gasteiger charge is -2.15.